The molecule has 0 spiro atoms. The molecule has 110 valence electrons. The van der Waals surface area contributed by atoms with Gasteiger partial charge in [0.1, 0.15) is 5.82 Å². The molecule has 0 heterocycles. The van der Waals surface area contributed by atoms with Crippen LogP contribution in [0.5, 0.6) is 0 Å². The van der Waals surface area contributed by atoms with Crippen molar-refractivity contribution in [3.63, 3.8) is 0 Å². The summed E-state index contributed by atoms with van der Waals surface area (Å²) in [4.78, 5) is 11.8. The van der Waals surface area contributed by atoms with Gasteiger partial charge in [-0.15, -0.1) is 0 Å². The summed E-state index contributed by atoms with van der Waals surface area (Å²) in [5.41, 5.74) is -1.47. The van der Waals surface area contributed by atoms with Crippen LogP contribution in [0.2, 0.25) is 0 Å². The normalized spacial score (nSPS) is 11.4. The van der Waals surface area contributed by atoms with E-state index in [4.69, 9.17) is 5.11 Å². The molecule has 2 aromatic rings. The first-order valence-electron chi connectivity index (χ1n) is 5.65. The number of carboxylic acid groups (broad SMARTS) is 1. The summed E-state index contributed by atoms with van der Waals surface area (Å²) in [6.07, 6.45) is -4.61. The van der Waals surface area contributed by atoms with Gasteiger partial charge in [-0.1, -0.05) is 11.8 Å². The molecule has 0 aliphatic rings. The predicted octanol–water partition coefficient (Wildman–Crippen LogP) is 4.69. The fourth-order valence-electron chi connectivity index (χ4n) is 1.59. The van der Waals surface area contributed by atoms with Crippen LogP contribution in [-0.4, -0.2) is 11.1 Å². The molecule has 0 aliphatic carbocycles. The maximum atomic E-state index is 12.8. The third-order valence-electron chi connectivity index (χ3n) is 2.58. The molecule has 2 rings (SSSR count). The zero-order valence-corrected chi connectivity index (χ0v) is 11.1. The lowest BCUT2D eigenvalue weighted by Gasteiger charge is -2.11. The van der Waals surface area contributed by atoms with Crippen molar-refractivity contribution >= 4 is 17.7 Å². The number of hydrogen-bond acceptors (Lipinski definition) is 2. The summed E-state index contributed by atoms with van der Waals surface area (Å²) in [7, 11) is 0. The Labute approximate surface area is 121 Å². The highest BCUT2D eigenvalue weighted by Gasteiger charge is 2.31. The van der Waals surface area contributed by atoms with E-state index in [0.29, 0.717) is 11.0 Å². The zero-order valence-electron chi connectivity index (χ0n) is 10.3. The zero-order chi connectivity index (χ0) is 15.6. The van der Waals surface area contributed by atoms with E-state index in [2.05, 4.69) is 0 Å². The van der Waals surface area contributed by atoms with E-state index in [1.165, 1.54) is 24.3 Å². The summed E-state index contributed by atoms with van der Waals surface area (Å²) in [5.74, 6) is -1.91. The highest BCUT2D eigenvalue weighted by atomic mass is 32.2. The third kappa shape index (κ3) is 3.75. The van der Waals surface area contributed by atoms with E-state index in [1.54, 1.807) is 0 Å². The van der Waals surface area contributed by atoms with Gasteiger partial charge in [0.2, 0.25) is 0 Å². The van der Waals surface area contributed by atoms with Crippen molar-refractivity contribution in [3.05, 3.63) is 59.4 Å². The Kier molecular flexibility index (Phi) is 4.22. The SMILES string of the molecule is O=C(O)c1cc(C(F)(F)F)ccc1Sc1ccc(F)cc1. The molecule has 2 aromatic carbocycles. The molecule has 7 heteroatoms. The van der Waals surface area contributed by atoms with Crippen LogP contribution in [0.4, 0.5) is 17.6 Å². The van der Waals surface area contributed by atoms with Crippen molar-refractivity contribution in [2.75, 3.05) is 0 Å². The van der Waals surface area contributed by atoms with Crippen LogP contribution in [0, 0.1) is 5.82 Å². The maximum Gasteiger partial charge on any atom is 0.416 e. The molecule has 1 N–H and O–H groups in total. The Bertz CT molecular complexity index is 666. The highest BCUT2D eigenvalue weighted by molar-refractivity contribution is 7.99. The number of hydrogen-bond donors (Lipinski definition) is 1. The quantitative estimate of drug-likeness (QED) is 0.834. The second kappa shape index (κ2) is 5.77. The minimum absolute atomic E-state index is 0.155. The Hall–Kier alpha value is -2.02. The third-order valence-corrected chi connectivity index (χ3v) is 3.66. The van der Waals surface area contributed by atoms with Crippen LogP contribution in [0.3, 0.4) is 0 Å². The first-order chi connectivity index (χ1) is 9.77. The van der Waals surface area contributed by atoms with Crippen molar-refractivity contribution in [3.8, 4) is 0 Å². The first-order valence-corrected chi connectivity index (χ1v) is 6.47. The van der Waals surface area contributed by atoms with E-state index >= 15 is 0 Å². The largest absolute Gasteiger partial charge is 0.478 e. The Morgan fingerprint density at radius 2 is 1.67 bits per heavy atom. The van der Waals surface area contributed by atoms with Crippen LogP contribution >= 0.6 is 11.8 Å². The van der Waals surface area contributed by atoms with Gasteiger partial charge >= 0.3 is 12.1 Å². The van der Waals surface area contributed by atoms with Crippen LogP contribution in [0.15, 0.2) is 52.3 Å². The second-order valence-electron chi connectivity index (χ2n) is 4.07. The number of benzene rings is 2. The van der Waals surface area contributed by atoms with Crippen molar-refractivity contribution in [1.29, 1.82) is 0 Å². The van der Waals surface area contributed by atoms with Gasteiger partial charge in [0, 0.05) is 9.79 Å². The van der Waals surface area contributed by atoms with Crippen molar-refractivity contribution in [2.24, 2.45) is 0 Å². The van der Waals surface area contributed by atoms with Gasteiger partial charge in [0.25, 0.3) is 0 Å². The second-order valence-corrected chi connectivity index (χ2v) is 5.19. The molecular weight excluding hydrogens is 308 g/mol. The van der Waals surface area contributed by atoms with Crippen LogP contribution in [0.1, 0.15) is 15.9 Å². The smallest absolute Gasteiger partial charge is 0.416 e. The van der Waals surface area contributed by atoms with Crippen LogP contribution in [0.25, 0.3) is 0 Å². The summed E-state index contributed by atoms with van der Waals surface area (Å²) in [6, 6.07) is 7.72. The fraction of sp³-hybridized carbons (Fsp3) is 0.0714. The molecule has 0 aromatic heterocycles. The van der Waals surface area contributed by atoms with Gasteiger partial charge in [-0.2, -0.15) is 13.2 Å². The molecule has 0 saturated heterocycles. The number of carbonyl (C=O) groups is 1. The van der Waals surface area contributed by atoms with E-state index in [-0.39, 0.29) is 4.90 Å². The lowest BCUT2D eigenvalue weighted by Crippen LogP contribution is -2.08. The van der Waals surface area contributed by atoms with Gasteiger partial charge < -0.3 is 5.11 Å². The molecule has 2 nitrogen and oxygen atoms in total. The van der Waals surface area contributed by atoms with Crippen LogP contribution < -0.4 is 0 Å². The summed E-state index contributed by atoms with van der Waals surface area (Å²) in [6.45, 7) is 0. The monoisotopic (exact) mass is 316 g/mol. The van der Waals surface area contributed by atoms with E-state index < -0.39 is 29.1 Å². The van der Waals surface area contributed by atoms with Crippen molar-refractivity contribution < 1.29 is 27.5 Å². The molecule has 0 radical (unpaired) electrons. The van der Waals surface area contributed by atoms with Crippen molar-refractivity contribution in [2.45, 2.75) is 16.0 Å². The Morgan fingerprint density at radius 3 is 2.19 bits per heavy atom. The van der Waals surface area contributed by atoms with Gasteiger partial charge in [0.05, 0.1) is 11.1 Å². The van der Waals surface area contributed by atoms with Gasteiger partial charge in [0.15, 0.2) is 0 Å². The molecule has 0 bridgehead atoms. The van der Waals surface area contributed by atoms with Crippen molar-refractivity contribution in [1.82, 2.24) is 0 Å². The summed E-state index contributed by atoms with van der Waals surface area (Å²) >= 11 is 0.956. The van der Waals surface area contributed by atoms with Crippen LogP contribution in [-0.2, 0) is 6.18 Å². The van der Waals surface area contributed by atoms with Gasteiger partial charge in [-0.3, -0.25) is 0 Å². The number of halogens is 4. The standard InChI is InChI=1S/C14H8F4O2S/c15-9-2-4-10(5-3-9)21-12-6-1-8(14(16,17)18)7-11(12)13(19)20/h1-7H,(H,19,20). The number of aromatic carboxylic acids is 1. The van der Waals surface area contributed by atoms with Gasteiger partial charge in [-0.25, -0.2) is 9.18 Å². The summed E-state index contributed by atoms with van der Waals surface area (Å²) < 4.78 is 50.6. The lowest BCUT2D eigenvalue weighted by atomic mass is 10.1. The lowest BCUT2D eigenvalue weighted by molar-refractivity contribution is -0.137. The number of rotatable bonds is 3. The molecule has 0 unspecified atom stereocenters. The average molecular weight is 316 g/mol. The molecule has 0 saturated carbocycles. The minimum Gasteiger partial charge on any atom is -0.478 e. The minimum atomic E-state index is -4.61. The van der Waals surface area contributed by atoms with E-state index in [1.807, 2.05) is 0 Å². The number of alkyl halides is 3. The van der Waals surface area contributed by atoms with Gasteiger partial charge in [-0.05, 0) is 42.5 Å². The molecule has 0 fully saturated rings. The average Bonchev–Trinajstić information content (AvgIpc) is 2.40. The molecular formula is C14H8F4O2S. The highest BCUT2D eigenvalue weighted by Crippen LogP contribution is 2.35. The predicted molar refractivity (Wildman–Crippen MR) is 68.9 cm³/mol. The molecule has 21 heavy (non-hydrogen) atoms. The first kappa shape index (κ1) is 15.4. The molecule has 0 aliphatic heterocycles. The van der Waals surface area contributed by atoms with E-state index in [0.717, 1.165) is 23.9 Å². The summed E-state index contributed by atoms with van der Waals surface area (Å²) in [5, 5.41) is 9.04. The molecule has 0 atom stereocenters. The number of carboxylic acids is 1. The topological polar surface area (TPSA) is 37.3 Å². The fourth-order valence-corrected chi connectivity index (χ4v) is 2.51. The Morgan fingerprint density at radius 1 is 1.05 bits per heavy atom. The molecule has 0 amide bonds. The Balaban J connectivity index is 2.39. The maximum absolute atomic E-state index is 12.8. The van der Waals surface area contributed by atoms with E-state index in [9.17, 15) is 22.4 Å².